The number of amides is 1. The topological polar surface area (TPSA) is 63.1 Å². The van der Waals surface area contributed by atoms with Gasteiger partial charge in [0.2, 0.25) is 5.91 Å². The summed E-state index contributed by atoms with van der Waals surface area (Å²) >= 11 is 0. The first-order chi connectivity index (χ1) is 10.3. The highest BCUT2D eigenvalue weighted by atomic mass is 19.4. The van der Waals surface area contributed by atoms with Crippen molar-refractivity contribution in [3.05, 3.63) is 12.7 Å². The second kappa shape index (κ2) is 6.64. The summed E-state index contributed by atoms with van der Waals surface area (Å²) in [7, 11) is 1.93. The van der Waals surface area contributed by atoms with E-state index in [4.69, 9.17) is 0 Å². The molecule has 1 aliphatic rings. The van der Waals surface area contributed by atoms with Gasteiger partial charge in [0.15, 0.2) is 6.04 Å². The average Bonchev–Trinajstić information content (AvgIpc) is 3.06. The van der Waals surface area contributed by atoms with Crippen molar-refractivity contribution in [3.8, 4) is 0 Å². The molecule has 3 atom stereocenters. The number of halogens is 3. The van der Waals surface area contributed by atoms with Crippen LogP contribution in [-0.4, -0.2) is 57.9 Å². The Balaban J connectivity index is 1.99. The third kappa shape index (κ3) is 3.57. The van der Waals surface area contributed by atoms with E-state index in [9.17, 15) is 18.0 Å². The van der Waals surface area contributed by atoms with E-state index in [1.165, 1.54) is 0 Å². The molecule has 2 rings (SSSR count). The van der Waals surface area contributed by atoms with Crippen LogP contribution in [0.4, 0.5) is 13.2 Å². The summed E-state index contributed by atoms with van der Waals surface area (Å²) in [6, 6.07) is -1.83. The Bertz CT molecular complexity index is 490. The van der Waals surface area contributed by atoms with Gasteiger partial charge in [-0.1, -0.05) is 6.92 Å². The molecule has 1 amide bonds. The smallest absolute Gasteiger partial charge is 0.353 e. The van der Waals surface area contributed by atoms with Gasteiger partial charge in [0.25, 0.3) is 0 Å². The highest BCUT2D eigenvalue weighted by molar-refractivity contribution is 5.79. The number of carbonyl (C=O) groups excluding carboxylic acids is 1. The summed E-state index contributed by atoms with van der Waals surface area (Å²) in [6.07, 6.45) is -0.999. The monoisotopic (exact) mass is 319 g/mol. The van der Waals surface area contributed by atoms with Gasteiger partial charge in [-0.15, -0.1) is 0 Å². The van der Waals surface area contributed by atoms with E-state index >= 15 is 0 Å². The van der Waals surface area contributed by atoms with Crippen molar-refractivity contribution in [2.75, 3.05) is 20.1 Å². The molecule has 1 aliphatic heterocycles. The van der Waals surface area contributed by atoms with Gasteiger partial charge >= 0.3 is 6.18 Å². The fourth-order valence-electron chi connectivity index (χ4n) is 2.98. The van der Waals surface area contributed by atoms with Crippen LogP contribution in [0.15, 0.2) is 12.7 Å². The molecule has 0 radical (unpaired) electrons. The minimum atomic E-state index is -4.50. The van der Waals surface area contributed by atoms with Crippen LogP contribution in [0.5, 0.6) is 0 Å². The minimum absolute atomic E-state index is 0.0794. The molecule has 1 unspecified atom stereocenters. The van der Waals surface area contributed by atoms with E-state index < -0.39 is 18.8 Å². The quantitative estimate of drug-likeness (QED) is 0.887. The number of hydrogen-bond acceptors (Lipinski definition) is 4. The van der Waals surface area contributed by atoms with Crippen LogP contribution in [0.2, 0.25) is 0 Å². The zero-order valence-electron chi connectivity index (χ0n) is 12.5. The molecule has 2 heterocycles. The van der Waals surface area contributed by atoms with Gasteiger partial charge in [-0.3, -0.25) is 4.79 Å². The molecule has 124 valence electrons. The van der Waals surface area contributed by atoms with Crippen molar-refractivity contribution in [3.63, 3.8) is 0 Å². The Morgan fingerprint density at radius 2 is 2.23 bits per heavy atom. The maximum absolute atomic E-state index is 13.1. The van der Waals surface area contributed by atoms with Crippen LogP contribution in [0.3, 0.4) is 0 Å². The standard InChI is InChI=1S/C13H20F3N5O/c1-3-10-9(4-5-20(10)2)12(22)18-6-11(13(14,15)16)21-8-17-7-19-21/h7-11H,3-6H2,1-2H3,(H,18,22)/t9-,10+,11?/m0/s1. The Hall–Kier alpha value is -1.64. The fraction of sp³-hybridized carbons (Fsp3) is 0.769. The molecule has 6 nitrogen and oxygen atoms in total. The molecule has 0 aliphatic carbocycles. The minimum Gasteiger partial charge on any atom is -0.353 e. The van der Waals surface area contributed by atoms with E-state index in [0.29, 0.717) is 6.42 Å². The molecule has 1 aromatic heterocycles. The number of aromatic nitrogens is 3. The predicted molar refractivity (Wildman–Crippen MR) is 72.9 cm³/mol. The normalized spacial score (nSPS) is 24.4. The second-order valence-electron chi connectivity index (χ2n) is 5.53. The van der Waals surface area contributed by atoms with E-state index in [-0.39, 0.29) is 17.9 Å². The lowest BCUT2D eigenvalue weighted by atomic mass is 9.97. The largest absolute Gasteiger partial charge is 0.412 e. The van der Waals surface area contributed by atoms with Gasteiger partial charge in [-0.05, 0) is 26.4 Å². The molecule has 1 fully saturated rings. The maximum atomic E-state index is 13.1. The van der Waals surface area contributed by atoms with E-state index in [2.05, 4.69) is 20.3 Å². The fourth-order valence-corrected chi connectivity index (χ4v) is 2.98. The molecule has 0 bridgehead atoms. The number of carbonyl (C=O) groups is 1. The third-order valence-corrected chi connectivity index (χ3v) is 4.18. The molecular formula is C13H20F3N5O. The SMILES string of the molecule is CC[C@@H]1[C@@H](C(=O)NCC(n2cncn2)C(F)(F)F)CCN1C. The summed E-state index contributed by atoms with van der Waals surface area (Å²) < 4.78 is 39.9. The van der Waals surface area contributed by atoms with Crippen molar-refractivity contribution >= 4 is 5.91 Å². The maximum Gasteiger partial charge on any atom is 0.412 e. The number of nitrogens with one attached hydrogen (secondary N) is 1. The second-order valence-corrected chi connectivity index (χ2v) is 5.53. The first-order valence-corrected chi connectivity index (χ1v) is 7.23. The van der Waals surface area contributed by atoms with Crippen molar-refractivity contribution in [2.45, 2.75) is 38.0 Å². The Morgan fingerprint density at radius 1 is 1.50 bits per heavy atom. The Morgan fingerprint density at radius 3 is 2.77 bits per heavy atom. The van der Waals surface area contributed by atoms with Crippen molar-refractivity contribution in [1.82, 2.24) is 25.0 Å². The van der Waals surface area contributed by atoms with Crippen LogP contribution >= 0.6 is 0 Å². The summed E-state index contributed by atoms with van der Waals surface area (Å²) in [6.45, 7) is 2.21. The highest BCUT2D eigenvalue weighted by Crippen LogP contribution is 2.30. The van der Waals surface area contributed by atoms with Gasteiger partial charge < -0.3 is 10.2 Å². The Kier molecular flexibility index (Phi) is 5.05. The van der Waals surface area contributed by atoms with Crippen LogP contribution in [0.25, 0.3) is 0 Å². The summed E-state index contributed by atoms with van der Waals surface area (Å²) in [5.74, 6) is -0.592. The number of likely N-dealkylation sites (tertiary alicyclic amines) is 1. The van der Waals surface area contributed by atoms with Gasteiger partial charge in [0.05, 0.1) is 5.92 Å². The predicted octanol–water partition coefficient (Wildman–Crippen LogP) is 1.23. The van der Waals surface area contributed by atoms with Gasteiger partial charge in [0.1, 0.15) is 12.7 Å². The molecule has 22 heavy (non-hydrogen) atoms. The highest BCUT2D eigenvalue weighted by Gasteiger charge is 2.43. The molecule has 0 spiro atoms. The molecule has 1 saturated heterocycles. The molecular weight excluding hydrogens is 299 g/mol. The lowest BCUT2D eigenvalue weighted by molar-refractivity contribution is -0.169. The van der Waals surface area contributed by atoms with Gasteiger partial charge in [-0.25, -0.2) is 9.67 Å². The van der Waals surface area contributed by atoms with Crippen molar-refractivity contribution in [1.29, 1.82) is 0 Å². The molecule has 1 N–H and O–H groups in total. The average molecular weight is 319 g/mol. The zero-order chi connectivity index (χ0) is 16.3. The van der Waals surface area contributed by atoms with Gasteiger partial charge in [-0.2, -0.15) is 18.3 Å². The van der Waals surface area contributed by atoms with E-state index in [1.807, 2.05) is 14.0 Å². The number of alkyl halides is 3. The van der Waals surface area contributed by atoms with Crippen LogP contribution in [0, 0.1) is 5.92 Å². The molecule has 1 aromatic rings. The number of hydrogen-bond donors (Lipinski definition) is 1. The lowest BCUT2D eigenvalue weighted by Gasteiger charge is -2.25. The van der Waals surface area contributed by atoms with Gasteiger partial charge in [0, 0.05) is 12.6 Å². The van der Waals surface area contributed by atoms with Crippen molar-refractivity contribution in [2.24, 2.45) is 5.92 Å². The van der Waals surface area contributed by atoms with Crippen LogP contribution < -0.4 is 5.32 Å². The molecule has 9 heteroatoms. The summed E-state index contributed by atoms with van der Waals surface area (Å²) in [5, 5.41) is 5.96. The van der Waals surface area contributed by atoms with Crippen molar-refractivity contribution < 1.29 is 18.0 Å². The first-order valence-electron chi connectivity index (χ1n) is 7.23. The van der Waals surface area contributed by atoms with E-state index in [1.54, 1.807) is 0 Å². The number of nitrogens with zero attached hydrogens (tertiary/aromatic N) is 4. The molecule has 0 aromatic carbocycles. The van der Waals surface area contributed by atoms with Crippen LogP contribution in [-0.2, 0) is 4.79 Å². The third-order valence-electron chi connectivity index (χ3n) is 4.18. The first kappa shape index (κ1) is 16.7. The zero-order valence-corrected chi connectivity index (χ0v) is 12.5. The van der Waals surface area contributed by atoms with E-state index in [0.717, 1.165) is 30.3 Å². The molecule has 0 saturated carbocycles. The number of rotatable bonds is 5. The lowest BCUT2D eigenvalue weighted by Crippen LogP contribution is -2.43. The summed E-state index contributed by atoms with van der Waals surface area (Å²) in [5.41, 5.74) is 0. The summed E-state index contributed by atoms with van der Waals surface area (Å²) in [4.78, 5) is 17.8. The Labute approximate surface area is 126 Å². The van der Waals surface area contributed by atoms with Crippen LogP contribution in [0.1, 0.15) is 25.8 Å².